The van der Waals surface area contributed by atoms with E-state index in [1.807, 2.05) is 24.3 Å². The normalized spacial score (nSPS) is 11.3. The van der Waals surface area contributed by atoms with Crippen molar-refractivity contribution in [2.75, 3.05) is 20.8 Å². The minimum atomic E-state index is 0.439. The molecular weight excluding hydrogens is 298 g/mol. The number of thiophene rings is 1. The lowest BCUT2D eigenvalue weighted by atomic mass is 10.2. The molecule has 0 saturated carbocycles. The van der Waals surface area contributed by atoms with Crippen LogP contribution >= 0.6 is 11.3 Å². The molecule has 0 aliphatic carbocycles. The van der Waals surface area contributed by atoms with Crippen molar-refractivity contribution < 1.29 is 9.47 Å². The van der Waals surface area contributed by atoms with E-state index in [0.717, 1.165) is 30.0 Å². The molecule has 0 amide bonds. The van der Waals surface area contributed by atoms with E-state index in [1.54, 1.807) is 25.6 Å². The molecule has 0 atom stereocenters. The van der Waals surface area contributed by atoms with Crippen LogP contribution in [0.3, 0.4) is 0 Å². The summed E-state index contributed by atoms with van der Waals surface area (Å²) in [6.07, 6.45) is 0.944. The minimum absolute atomic E-state index is 0.439. The number of nitrogens with one attached hydrogen (secondary N) is 1. The van der Waals surface area contributed by atoms with E-state index in [4.69, 9.17) is 15.2 Å². The van der Waals surface area contributed by atoms with Gasteiger partial charge in [0.1, 0.15) is 11.5 Å². The Hall–Kier alpha value is -2.21. The van der Waals surface area contributed by atoms with Crippen LogP contribution in [0.25, 0.3) is 0 Å². The average Bonchev–Trinajstić information content (AvgIpc) is 3.06. The molecule has 3 N–H and O–H groups in total. The zero-order valence-corrected chi connectivity index (χ0v) is 13.7. The highest BCUT2D eigenvalue weighted by Crippen LogP contribution is 2.25. The first kappa shape index (κ1) is 16.2. The number of nitrogens with zero attached hydrogens (tertiary/aromatic N) is 1. The second-order valence-electron chi connectivity index (χ2n) is 4.64. The number of hydrogen-bond acceptors (Lipinski definition) is 4. The van der Waals surface area contributed by atoms with Crippen LogP contribution in [0.5, 0.6) is 11.5 Å². The Morgan fingerprint density at radius 3 is 2.82 bits per heavy atom. The summed E-state index contributed by atoms with van der Waals surface area (Å²) in [5.41, 5.74) is 6.85. The van der Waals surface area contributed by atoms with Crippen molar-refractivity contribution in [2.24, 2.45) is 10.7 Å². The smallest absolute Gasteiger partial charge is 0.188 e. The highest BCUT2D eigenvalue weighted by atomic mass is 32.1. The van der Waals surface area contributed by atoms with Gasteiger partial charge >= 0.3 is 0 Å². The lowest BCUT2D eigenvalue weighted by molar-refractivity contribution is 0.391. The largest absolute Gasteiger partial charge is 0.497 e. The van der Waals surface area contributed by atoms with E-state index < -0.39 is 0 Å². The van der Waals surface area contributed by atoms with Crippen LogP contribution in [-0.4, -0.2) is 26.7 Å². The van der Waals surface area contributed by atoms with Crippen LogP contribution in [0.1, 0.15) is 10.4 Å². The third-order valence-corrected chi connectivity index (χ3v) is 4.11. The second kappa shape index (κ2) is 8.29. The predicted molar refractivity (Wildman–Crippen MR) is 90.9 cm³/mol. The number of hydrogen-bond donors (Lipinski definition) is 2. The van der Waals surface area contributed by atoms with Crippen molar-refractivity contribution in [3.05, 3.63) is 46.2 Å². The molecule has 2 aromatic rings. The summed E-state index contributed by atoms with van der Waals surface area (Å²) in [7, 11) is 3.26. The number of guanidine groups is 1. The van der Waals surface area contributed by atoms with Crippen LogP contribution in [0, 0.1) is 0 Å². The Morgan fingerprint density at radius 2 is 2.14 bits per heavy atom. The Morgan fingerprint density at radius 1 is 1.27 bits per heavy atom. The summed E-state index contributed by atoms with van der Waals surface area (Å²) in [5.74, 6) is 1.94. The quantitative estimate of drug-likeness (QED) is 0.607. The molecule has 0 fully saturated rings. The van der Waals surface area contributed by atoms with Crippen LogP contribution in [0.15, 0.2) is 40.7 Å². The highest BCUT2D eigenvalue weighted by Gasteiger charge is 2.04. The third kappa shape index (κ3) is 4.66. The van der Waals surface area contributed by atoms with Gasteiger partial charge in [-0.25, -0.2) is 4.99 Å². The van der Waals surface area contributed by atoms with Crippen molar-refractivity contribution in [3.63, 3.8) is 0 Å². The fourth-order valence-corrected chi connectivity index (χ4v) is 2.69. The molecule has 1 aromatic heterocycles. The molecule has 1 aromatic carbocycles. The van der Waals surface area contributed by atoms with Gasteiger partial charge in [-0.05, 0) is 30.0 Å². The van der Waals surface area contributed by atoms with Crippen LogP contribution in [0.4, 0.5) is 0 Å². The zero-order chi connectivity index (χ0) is 15.8. The Bertz CT molecular complexity index is 612. The molecular formula is C16H21N3O2S. The summed E-state index contributed by atoms with van der Waals surface area (Å²) < 4.78 is 10.5. The van der Waals surface area contributed by atoms with Crippen LogP contribution in [0.2, 0.25) is 0 Å². The predicted octanol–water partition coefficient (Wildman–Crippen LogP) is 2.41. The maximum absolute atomic E-state index is 5.89. The van der Waals surface area contributed by atoms with Gasteiger partial charge in [-0.1, -0.05) is 6.07 Å². The number of rotatable bonds is 7. The molecule has 118 valence electrons. The number of benzene rings is 1. The van der Waals surface area contributed by atoms with Gasteiger partial charge in [0.2, 0.25) is 0 Å². The number of methoxy groups -OCH3 is 2. The fourth-order valence-electron chi connectivity index (χ4n) is 1.98. The Labute approximate surface area is 134 Å². The van der Waals surface area contributed by atoms with E-state index >= 15 is 0 Å². The SMILES string of the molecule is COc1ccc(CN=C(N)NCCc2cccs2)c(OC)c1. The van der Waals surface area contributed by atoms with E-state index in [2.05, 4.69) is 21.8 Å². The van der Waals surface area contributed by atoms with E-state index in [0.29, 0.717) is 12.5 Å². The molecule has 22 heavy (non-hydrogen) atoms. The van der Waals surface area contributed by atoms with Gasteiger partial charge in [0.05, 0.1) is 20.8 Å². The third-order valence-electron chi connectivity index (χ3n) is 3.17. The van der Waals surface area contributed by atoms with Gasteiger partial charge in [-0.2, -0.15) is 0 Å². The molecule has 0 aliphatic heterocycles. The molecule has 0 saturated heterocycles. The lowest BCUT2D eigenvalue weighted by Crippen LogP contribution is -2.33. The first-order valence-corrected chi connectivity index (χ1v) is 7.88. The maximum atomic E-state index is 5.89. The standard InChI is InChI=1S/C16H21N3O2S/c1-20-13-6-5-12(15(10-13)21-2)11-19-16(17)18-8-7-14-4-3-9-22-14/h3-6,9-10H,7-8,11H2,1-2H3,(H3,17,18,19). The zero-order valence-electron chi connectivity index (χ0n) is 12.8. The molecule has 0 aliphatic rings. The fraction of sp³-hybridized carbons (Fsp3) is 0.312. The Balaban J connectivity index is 1.87. The maximum Gasteiger partial charge on any atom is 0.188 e. The number of ether oxygens (including phenoxy) is 2. The highest BCUT2D eigenvalue weighted by molar-refractivity contribution is 7.09. The molecule has 2 rings (SSSR count). The molecule has 0 radical (unpaired) electrons. The molecule has 0 spiro atoms. The van der Waals surface area contributed by atoms with Crippen LogP contribution in [-0.2, 0) is 13.0 Å². The first-order valence-electron chi connectivity index (χ1n) is 7.00. The van der Waals surface area contributed by atoms with Gasteiger partial charge < -0.3 is 20.5 Å². The topological polar surface area (TPSA) is 68.9 Å². The first-order chi connectivity index (χ1) is 10.7. The van der Waals surface area contributed by atoms with Gasteiger partial charge in [0, 0.05) is 23.1 Å². The number of nitrogens with two attached hydrogens (primary N) is 1. The summed E-state index contributed by atoms with van der Waals surface area (Å²) in [5, 5.41) is 5.19. The molecule has 1 heterocycles. The summed E-state index contributed by atoms with van der Waals surface area (Å²) in [6.45, 7) is 1.24. The Kier molecular flexibility index (Phi) is 6.09. The van der Waals surface area contributed by atoms with E-state index in [-0.39, 0.29) is 0 Å². The van der Waals surface area contributed by atoms with Gasteiger partial charge in [-0.15, -0.1) is 11.3 Å². The molecule has 0 unspecified atom stereocenters. The summed E-state index contributed by atoms with van der Waals surface area (Å²) in [4.78, 5) is 5.67. The lowest BCUT2D eigenvalue weighted by Gasteiger charge is -2.09. The van der Waals surface area contributed by atoms with E-state index in [1.165, 1.54) is 4.88 Å². The summed E-state index contributed by atoms with van der Waals surface area (Å²) >= 11 is 1.74. The van der Waals surface area contributed by atoms with Crippen molar-refractivity contribution in [1.82, 2.24) is 5.32 Å². The monoisotopic (exact) mass is 319 g/mol. The van der Waals surface area contributed by atoms with Crippen molar-refractivity contribution in [2.45, 2.75) is 13.0 Å². The molecule has 5 nitrogen and oxygen atoms in total. The van der Waals surface area contributed by atoms with Crippen molar-refractivity contribution in [1.29, 1.82) is 0 Å². The number of aliphatic imine (C=N–C) groups is 1. The molecule has 0 bridgehead atoms. The van der Waals surface area contributed by atoms with E-state index in [9.17, 15) is 0 Å². The average molecular weight is 319 g/mol. The molecule has 6 heteroatoms. The van der Waals surface area contributed by atoms with Gasteiger partial charge in [-0.3, -0.25) is 0 Å². The minimum Gasteiger partial charge on any atom is -0.497 e. The van der Waals surface area contributed by atoms with Gasteiger partial charge in [0.25, 0.3) is 0 Å². The van der Waals surface area contributed by atoms with Crippen molar-refractivity contribution in [3.8, 4) is 11.5 Å². The van der Waals surface area contributed by atoms with Gasteiger partial charge in [0.15, 0.2) is 5.96 Å². The second-order valence-corrected chi connectivity index (χ2v) is 5.67. The summed E-state index contributed by atoms with van der Waals surface area (Å²) in [6, 6.07) is 9.81. The van der Waals surface area contributed by atoms with Crippen LogP contribution < -0.4 is 20.5 Å². The van der Waals surface area contributed by atoms with Crippen molar-refractivity contribution >= 4 is 17.3 Å².